The average Bonchev–Trinajstić information content (AvgIpc) is 2.47. The van der Waals surface area contributed by atoms with Crippen LogP contribution in [0.1, 0.15) is 0 Å². The summed E-state index contributed by atoms with van der Waals surface area (Å²) in [5.74, 6) is 0.628. The van der Waals surface area contributed by atoms with Crippen LogP contribution in [0.3, 0.4) is 0 Å². The Morgan fingerprint density at radius 1 is 1.24 bits per heavy atom. The zero-order valence-corrected chi connectivity index (χ0v) is 11.1. The number of anilines is 1. The van der Waals surface area contributed by atoms with Gasteiger partial charge in [0.05, 0.1) is 12.0 Å². The Morgan fingerprint density at radius 3 is 2.57 bits per heavy atom. The van der Waals surface area contributed by atoms with E-state index in [9.17, 15) is 14.9 Å². The molecule has 0 aliphatic rings. The summed E-state index contributed by atoms with van der Waals surface area (Å²) in [6, 6.07) is 11.3. The smallest absolute Gasteiger partial charge is 0.409 e. The van der Waals surface area contributed by atoms with Gasteiger partial charge in [-0.15, -0.1) is 0 Å². The third-order valence-corrected chi connectivity index (χ3v) is 2.84. The van der Waals surface area contributed by atoms with Gasteiger partial charge in [0.15, 0.2) is 0 Å². The van der Waals surface area contributed by atoms with Crippen molar-refractivity contribution in [2.45, 2.75) is 0 Å². The number of nitro groups is 1. The van der Waals surface area contributed by atoms with Crippen LogP contribution in [0.4, 0.5) is 16.2 Å². The standard InChI is InChI=1S/C14H12N2O5/c1-21-11-4-2-3-9(7-11)10-5-6-12(15-14(17)18)13(8-10)16(19)20/h2-8,15H,1H3,(H,17,18). The zero-order valence-electron chi connectivity index (χ0n) is 11.1. The molecule has 0 saturated carbocycles. The molecule has 0 saturated heterocycles. The van der Waals surface area contributed by atoms with E-state index in [4.69, 9.17) is 9.84 Å². The van der Waals surface area contributed by atoms with E-state index in [1.165, 1.54) is 19.2 Å². The van der Waals surface area contributed by atoms with Gasteiger partial charge in [0.1, 0.15) is 11.4 Å². The highest BCUT2D eigenvalue weighted by atomic mass is 16.6. The normalized spacial score (nSPS) is 9.95. The van der Waals surface area contributed by atoms with E-state index in [0.717, 1.165) is 5.56 Å². The summed E-state index contributed by atoms with van der Waals surface area (Å²) in [6.07, 6.45) is -1.35. The summed E-state index contributed by atoms with van der Waals surface area (Å²) >= 11 is 0. The lowest BCUT2D eigenvalue weighted by Crippen LogP contribution is -2.09. The maximum atomic E-state index is 11.1. The average molecular weight is 288 g/mol. The first-order valence-electron chi connectivity index (χ1n) is 5.94. The van der Waals surface area contributed by atoms with E-state index in [0.29, 0.717) is 11.3 Å². The number of hydrogen-bond acceptors (Lipinski definition) is 4. The largest absolute Gasteiger partial charge is 0.497 e. The van der Waals surface area contributed by atoms with Gasteiger partial charge in [0.25, 0.3) is 5.69 Å². The summed E-state index contributed by atoms with van der Waals surface area (Å²) in [6.45, 7) is 0. The number of rotatable bonds is 4. The summed E-state index contributed by atoms with van der Waals surface area (Å²) in [7, 11) is 1.53. The number of carboxylic acid groups (broad SMARTS) is 1. The molecule has 0 aliphatic heterocycles. The Hall–Kier alpha value is -3.09. The van der Waals surface area contributed by atoms with Crippen LogP contribution in [0, 0.1) is 10.1 Å². The first-order chi connectivity index (χ1) is 10.0. The van der Waals surface area contributed by atoms with Crippen LogP contribution in [0.25, 0.3) is 11.1 Å². The molecule has 7 heteroatoms. The van der Waals surface area contributed by atoms with Gasteiger partial charge < -0.3 is 9.84 Å². The quantitative estimate of drug-likeness (QED) is 0.663. The van der Waals surface area contributed by atoms with Crippen LogP contribution in [-0.4, -0.2) is 23.2 Å². The molecule has 2 rings (SSSR count). The van der Waals surface area contributed by atoms with Crippen molar-refractivity contribution in [3.8, 4) is 16.9 Å². The first kappa shape index (κ1) is 14.3. The monoisotopic (exact) mass is 288 g/mol. The van der Waals surface area contributed by atoms with Crippen molar-refractivity contribution < 1.29 is 19.6 Å². The molecule has 0 aliphatic carbocycles. The number of ether oxygens (including phenoxy) is 1. The second kappa shape index (κ2) is 5.91. The highest BCUT2D eigenvalue weighted by Gasteiger charge is 2.17. The van der Waals surface area contributed by atoms with Crippen LogP contribution in [0.15, 0.2) is 42.5 Å². The predicted octanol–water partition coefficient (Wildman–Crippen LogP) is 3.36. The van der Waals surface area contributed by atoms with Crippen LogP contribution in [-0.2, 0) is 0 Å². The molecule has 0 atom stereocenters. The maximum absolute atomic E-state index is 11.1. The van der Waals surface area contributed by atoms with Crippen molar-refractivity contribution >= 4 is 17.5 Å². The Labute approximate surface area is 119 Å². The number of nitrogens with one attached hydrogen (secondary N) is 1. The number of methoxy groups -OCH3 is 1. The van der Waals surface area contributed by atoms with Gasteiger partial charge in [0, 0.05) is 6.07 Å². The fourth-order valence-corrected chi connectivity index (χ4v) is 1.89. The zero-order chi connectivity index (χ0) is 15.4. The van der Waals surface area contributed by atoms with Gasteiger partial charge in [0.2, 0.25) is 0 Å². The molecule has 0 fully saturated rings. The minimum Gasteiger partial charge on any atom is -0.497 e. The summed E-state index contributed by atoms with van der Waals surface area (Å²) in [5, 5.41) is 21.7. The van der Waals surface area contributed by atoms with E-state index >= 15 is 0 Å². The van der Waals surface area contributed by atoms with Gasteiger partial charge in [-0.05, 0) is 29.3 Å². The molecule has 0 spiro atoms. The van der Waals surface area contributed by atoms with Crippen LogP contribution in [0.2, 0.25) is 0 Å². The van der Waals surface area contributed by atoms with E-state index in [-0.39, 0.29) is 11.4 Å². The molecule has 0 unspecified atom stereocenters. The third-order valence-electron chi connectivity index (χ3n) is 2.84. The van der Waals surface area contributed by atoms with Gasteiger partial charge in [-0.1, -0.05) is 18.2 Å². The minimum absolute atomic E-state index is 0.0702. The highest BCUT2D eigenvalue weighted by molar-refractivity contribution is 5.87. The molecule has 0 aromatic heterocycles. The first-order valence-corrected chi connectivity index (χ1v) is 5.94. The molecular weight excluding hydrogens is 276 g/mol. The lowest BCUT2D eigenvalue weighted by atomic mass is 10.0. The van der Waals surface area contributed by atoms with Gasteiger partial charge in [-0.2, -0.15) is 0 Å². The van der Waals surface area contributed by atoms with Crippen molar-refractivity contribution in [3.63, 3.8) is 0 Å². The molecular formula is C14H12N2O5. The maximum Gasteiger partial charge on any atom is 0.409 e. The van der Waals surface area contributed by atoms with Crippen molar-refractivity contribution in [2.75, 3.05) is 12.4 Å². The Kier molecular flexibility index (Phi) is 4.03. The van der Waals surface area contributed by atoms with Crippen LogP contribution < -0.4 is 10.1 Å². The lowest BCUT2D eigenvalue weighted by Gasteiger charge is -2.07. The molecule has 2 aromatic rings. The molecule has 2 N–H and O–H groups in total. The van der Waals surface area contributed by atoms with E-state index < -0.39 is 11.0 Å². The molecule has 0 heterocycles. The number of nitrogens with zero attached hydrogens (tertiary/aromatic N) is 1. The third kappa shape index (κ3) is 3.27. The summed E-state index contributed by atoms with van der Waals surface area (Å²) in [5.41, 5.74) is 0.952. The second-order valence-corrected chi connectivity index (χ2v) is 4.15. The second-order valence-electron chi connectivity index (χ2n) is 4.15. The number of amides is 1. The van der Waals surface area contributed by atoms with Crippen molar-refractivity contribution in [3.05, 3.63) is 52.6 Å². The molecule has 2 aromatic carbocycles. The number of carbonyl (C=O) groups is 1. The molecule has 7 nitrogen and oxygen atoms in total. The van der Waals surface area contributed by atoms with Crippen molar-refractivity contribution in [1.82, 2.24) is 0 Å². The molecule has 0 bridgehead atoms. The molecule has 108 valence electrons. The van der Waals surface area contributed by atoms with Crippen molar-refractivity contribution in [1.29, 1.82) is 0 Å². The molecule has 1 amide bonds. The van der Waals surface area contributed by atoms with E-state index in [1.807, 2.05) is 5.32 Å². The summed E-state index contributed by atoms with van der Waals surface area (Å²) in [4.78, 5) is 21.1. The minimum atomic E-state index is -1.35. The lowest BCUT2D eigenvalue weighted by molar-refractivity contribution is -0.383. The Bertz CT molecular complexity index is 700. The molecule has 0 radical (unpaired) electrons. The number of benzene rings is 2. The SMILES string of the molecule is COc1cccc(-c2ccc(NC(=O)O)c([N+](=O)[O-])c2)c1. The van der Waals surface area contributed by atoms with E-state index in [1.54, 1.807) is 30.3 Å². The summed E-state index contributed by atoms with van der Waals surface area (Å²) < 4.78 is 5.11. The number of nitro benzene ring substituents is 1. The fourth-order valence-electron chi connectivity index (χ4n) is 1.89. The topological polar surface area (TPSA) is 102 Å². The predicted molar refractivity (Wildman–Crippen MR) is 76.7 cm³/mol. The fraction of sp³-hybridized carbons (Fsp3) is 0.0714. The highest BCUT2D eigenvalue weighted by Crippen LogP contribution is 2.31. The number of hydrogen-bond donors (Lipinski definition) is 2. The van der Waals surface area contributed by atoms with Gasteiger partial charge in [-0.3, -0.25) is 15.4 Å². The van der Waals surface area contributed by atoms with E-state index in [2.05, 4.69) is 0 Å². The van der Waals surface area contributed by atoms with Crippen LogP contribution >= 0.6 is 0 Å². The van der Waals surface area contributed by atoms with Gasteiger partial charge >= 0.3 is 6.09 Å². The van der Waals surface area contributed by atoms with Crippen molar-refractivity contribution in [2.24, 2.45) is 0 Å². The Morgan fingerprint density at radius 2 is 1.95 bits per heavy atom. The Balaban J connectivity index is 2.48. The molecule has 21 heavy (non-hydrogen) atoms. The van der Waals surface area contributed by atoms with Gasteiger partial charge in [-0.25, -0.2) is 4.79 Å². The van der Waals surface area contributed by atoms with Crippen LogP contribution in [0.5, 0.6) is 5.75 Å².